The van der Waals surface area contributed by atoms with E-state index in [-0.39, 0.29) is 29.6 Å². The smallest absolute Gasteiger partial charge is 0.302 e. The Morgan fingerprint density at radius 1 is 1.08 bits per heavy atom. The highest BCUT2D eigenvalue weighted by Gasteiger charge is 2.60. The van der Waals surface area contributed by atoms with Gasteiger partial charge in [-0.15, -0.1) is 0 Å². The average Bonchev–Trinajstić information content (AvgIpc) is 3.15. The SMILES string of the molecule is CC(=O)OC1CC2=CC=C3[C@@H]4CC[C@H](C(C)SCCCCC(C)(C)O)[C@@]4(C)CC[C@@H]3[C@@]2(C)C(OC(C)=O)C1. The number of rotatable bonds is 9. The zero-order chi connectivity index (χ0) is 27.9. The largest absolute Gasteiger partial charge is 0.462 e. The summed E-state index contributed by atoms with van der Waals surface area (Å²) in [5, 5.41) is 10.6. The van der Waals surface area contributed by atoms with Gasteiger partial charge >= 0.3 is 11.9 Å². The molecule has 0 heterocycles. The number of ether oxygens (including phenoxy) is 2. The lowest BCUT2D eigenvalue weighted by Crippen LogP contribution is -2.54. The third kappa shape index (κ3) is 5.92. The van der Waals surface area contributed by atoms with E-state index in [0.717, 1.165) is 37.9 Å². The average molecular weight is 547 g/mol. The van der Waals surface area contributed by atoms with E-state index >= 15 is 0 Å². The van der Waals surface area contributed by atoms with E-state index in [1.54, 1.807) is 5.57 Å². The fourth-order valence-corrected chi connectivity index (χ4v) is 9.98. The zero-order valence-electron chi connectivity index (χ0n) is 24.7. The third-order valence-corrected chi connectivity index (χ3v) is 11.8. The third-order valence-electron chi connectivity index (χ3n) is 10.4. The molecule has 1 N–H and O–H groups in total. The molecule has 0 aromatic heterocycles. The van der Waals surface area contributed by atoms with Crippen molar-refractivity contribution >= 4 is 23.7 Å². The zero-order valence-corrected chi connectivity index (χ0v) is 25.5. The van der Waals surface area contributed by atoms with E-state index in [2.05, 4.69) is 44.7 Å². The van der Waals surface area contributed by atoms with Gasteiger partial charge in [0, 0.05) is 37.4 Å². The molecule has 0 bridgehead atoms. The molecule has 5 nitrogen and oxygen atoms in total. The minimum atomic E-state index is -0.562. The normalized spacial score (nSPS) is 37.2. The summed E-state index contributed by atoms with van der Waals surface area (Å²) >= 11 is 2.13. The van der Waals surface area contributed by atoms with Crippen molar-refractivity contribution in [1.29, 1.82) is 0 Å². The minimum Gasteiger partial charge on any atom is -0.462 e. The van der Waals surface area contributed by atoms with Gasteiger partial charge in [0.1, 0.15) is 12.2 Å². The second kappa shape index (κ2) is 11.3. The molecule has 3 fully saturated rings. The Balaban J connectivity index is 1.50. The van der Waals surface area contributed by atoms with E-state index in [1.807, 2.05) is 13.8 Å². The Kier molecular flexibility index (Phi) is 8.84. The van der Waals surface area contributed by atoms with Gasteiger partial charge in [0.25, 0.3) is 0 Å². The first kappa shape index (κ1) is 29.7. The van der Waals surface area contributed by atoms with Crippen LogP contribution in [0, 0.1) is 28.6 Å². The van der Waals surface area contributed by atoms with Gasteiger partial charge < -0.3 is 14.6 Å². The summed E-state index contributed by atoms with van der Waals surface area (Å²) in [6.07, 6.45) is 13.4. The number of fused-ring (bicyclic) bond motifs is 5. The van der Waals surface area contributed by atoms with Crippen LogP contribution in [0.4, 0.5) is 0 Å². The van der Waals surface area contributed by atoms with Gasteiger partial charge in [0.15, 0.2) is 0 Å². The highest BCUT2D eigenvalue weighted by Crippen LogP contribution is 2.66. The number of esters is 2. The number of hydrogen-bond acceptors (Lipinski definition) is 6. The number of allylic oxidation sites excluding steroid dienone is 3. The van der Waals surface area contributed by atoms with Gasteiger partial charge in [-0.2, -0.15) is 11.8 Å². The summed E-state index contributed by atoms with van der Waals surface area (Å²) in [4.78, 5) is 23.9. The molecule has 38 heavy (non-hydrogen) atoms. The van der Waals surface area contributed by atoms with Crippen molar-refractivity contribution in [2.24, 2.45) is 28.6 Å². The van der Waals surface area contributed by atoms with Crippen LogP contribution >= 0.6 is 11.8 Å². The van der Waals surface area contributed by atoms with Crippen LogP contribution in [0.3, 0.4) is 0 Å². The monoisotopic (exact) mass is 546 g/mol. The molecule has 4 aliphatic rings. The lowest BCUT2D eigenvalue weighted by molar-refractivity contribution is -0.165. The molecule has 0 radical (unpaired) electrons. The van der Waals surface area contributed by atoms with Gasteiger partial charge in [-0.05, 0) is 87.7 Å². The van der Waals surface area contributed by atoms with E-state index in [1.165, 1.54) is 38.7 Å². The maximum absolute atomic E-state index is 12.2. The van der Waals surface area contributed by atoms with E-state index < -0.39 is 5.60 Å². The van der Waals surface area contributed by atoms with Crippen molar-refractivity contribution in [1.82, 2.24) is 0 Å². The Morgan fingerprint density at radius 3 is 2.45 bits per heavy atom. The number of hydrogen-bond donors (Lipinski definition) is 1. The molecule has 0 saturated heterocycles. The van der Waals surface area contributed by atoms with Crippen molar-refractivity contribution in [2.75, 3.05) is 5.75 Å². The van der Waals surface area contributed by atoms with Crippen LogP contribution in [0.2, 0.25) is 0 Å². The van der Waals surface area contributed by atoms with Gasteiger partial charge in [0.05, 0.1) is 5.60 Å². The maximum atomic E-state index is 12.2. The van der Waals surface area contributed by atoms with Gasteiger partial charge in [-0.3, -0.25) is 9.59 Å². The molecule has 0 spiro atoms. The Bertz CT molecular complexity index is 963. The number of aliphatic hydroxyl groups is 1. The molecule has 3 saturated carbocycles. The van der Waals surface area contributed by atoms with E-state index in [4.69, 9.17) is 9.47 Å². The summed E-state index contributed by atoms with van der Waals surface area (Å²) < 4.78 is 11.6. The molecule has 214 valence electrons. The Hall–Kier alpha value is -1.27. The fraction of sp³-hybridized carbons (Fsp3) is 0.812. The van der Waals surface area contributed by atoms with Crippen LogP contribution in [-0.2, 0) is 19.1 Å². The van der Waals surface area contributed by atoms with Crippen LogP contribution in [0.1, 0.15) is 106 Å². The first-order valence-corrected chi connectivity index (χ1v) is 15.9. The highest BCUT2D eigenvalue weighted by atomic mass is 32.2. The molecule has 4 rings (SSSR count). The van der Waals surface area contributed by atoms with Crippen molar-refractivity contribution in [3.8, 4) is 0 Å². The lowest BCUT2D eigenvalue weighted by atomic mass is 9.49. The predicted molar refractivity (Wildman–Crippen MR) is 154 cm³/mol. The Labute approximate surface area is 234 Å². The molecular weight excluding hydrogens is 496 g/mol. The predicted octanol–water partition coefficient (Wildman–Crippen LogP) is 7.02. The molecule has 4 aliphatic carbocycles. The van der Waals surface area contributed by atoms with Crippen LogP contribution in [-0.4, -0.2) is 45.9 Å². The molecule has 0 amide bonds. The number of unbranched alkanes of at least 4 members (excludes halogenated alkanes) is 1. The summed E-state index contributed by atoms with van der Waals surface area (Å²) in [7, 11) is 0. The van der Waals surface area contributed by atoms with Gasteiger partial charge in [0.2, 0.25) is 0 Å². The number of carbonyl (C=O) groups excluding carboxylic acids is 2. The van der Waals surface area contributed by atoms with Crippen molar-refractivity contribution in [2.45, 2.75) is 129 Å². The molecule has 0 aromatic rings. The van der Waals surface area contributed by atoms with Crippen LogP contribution in [0.25, 0.3) is 0 Å². The molecule has 0 aliphatic heterocycles. The fourth-order valence-electron chi connectivity index (χ4n) is 8.56. The van der Waals surface area contributed by atoms with Gasteiger partial charge in [-0.1, -0.05) is 44.1 Å². The standard InChI is InChI=1S/C32H50O5S/c1-20(38-17-9-8-15-30(4,5)35)26-12-13-27-25-11-10-23-18-24(36-21(2)33)19-29(37-22(3)34)32(23,7)28(25)14-16-31(26,27)6/h10-11,20,24,26-29,35H,8-9,12-19H2,1-7H3/t20?,24?,26-,27+,28+,29?,31-,32+/m1/s1. The second-order valence-electron chi connectivity index (χ2n) is 13.6. The summed E-state index contributed by atoms with van der Waals surface area (Å²) in [5.74, 6) is 2.27. The molecule has 6 heteroatoms. The topological polar surface area (TPSA) is 72.8 Å². The number of thioether (sulfide) groups is 1. The van der Waals surface area contributed by atoms with Crippen molar-refractivity contribution < 1.29 is 24.2 Å². The number of carbonyl (C=O) groups is 2. The molecular formula is C32H50O5S. The molecule has 3 unspecified atom stereocenters. The summed E-state index contributed by atoms with van der Waals surface area (Å²) in [5.41, 5.74) is 2.33. The molecule has 0 aromatic carbocycles. The quantitative estimate of drug-likeness (QED) is 0.247. The van der Waals surface area contributed by atoms with E-state index in [9.17, 15) is 14.7 Å². The molecule has 8 atom stereocenters. The summed E-state index contributed by atoms with van der Waals surface area (Å²) in [6, 6.07) is 0. The first-order chi connectivity index (χ1) is 17.8. The highest BCUT2D eigenvalue weighted by molar-refractivity contribution is 7.99. The second-order valence-corrected chi connectivity index (χ2v) is 15.1. The van der Waals surface area contributed by atoms with Crippen molar-refractivity contribution in [3.63, 3.8) is 0 Å². The Morgan fingerprint density at radius 2 is 1.79 bits per heavy atom. The van der Waals surface area contributed by atoms with Gasteiger partial charge in [-0.25, -0.2) is 0 Å². The summed E-state index contributed by atoms with van der Waals surface area (Å²) in [6.45, 7) is 14.0. The van der Waals surface area contributed by atoms with Crippen molar-refractivity contribution in [3.05, 3.63) is 23.3 Å². The van der Waals surface area contributed by atoms with Crippen LogP contribution in [0.5, 0.6) is 0 Å². The first-order valence-electron chi connectivity index (χ1n) is 14.8. The van der Waals surface area contributed by atoms with Crippen LogP contribution < -0.4 is 0 Å². The van der Waals surface area contributed by atoms with Crippen LogP contribution in [0.15, 0.2) is 23.3 Å². The lowest BCUT2D eigenvalue weighted by Gasteiger charge is -2.57. The minimum absolute atomic E-state index is 0.239. The maximum Gasteiger partial charge on any atom is 0.302 e. The van der Waals surface area contributed by atoms with E-state index in [0.29, 0.717) is 34.8 Å².